The molecule has 1 saturated heterocycles. The number of piperidine rings is 1. The molecule has 1 unspecified atom stereocenters. The lowest BCUT2D eigenvalue weighted by molar-refractivity contribution is -0.134. The van der Waals surface area contributed by atoms with Crippen molar-refractivity contribution in [3.63, 3.8) is 0 Å². The molecular weight excluding hydrogens is 260 g/mol. The molecule has 2 aromatic rings. The highest BCUT2D eigenvalue weighted by Gasteiger charge is 2.24. The molecule has 1 amide bonds. The van der Waals surface area contributed by atoms with Crippen LogP contribution in [-0.4, -0.2) is 28.4 Å². The zero-order valence-electron chi connectivity index (χ0n) is 12.8. The van der Waals surface area contributed by atoms with E-state index in [-0.39, 0.29) is 0 Å². The van der Waals surface area contributed by atoms with Gasteiger partial charge in [0.2, 0.25) is 5.91 Å². The van der Waals surface area contributed by atoms with E-state index in [0.29, 0.717) is 18.4 Å². The number of fused-ring (bicyclic) bond motifs is 1. The smallest absolute Gasteiger partial charge is 0.223 e. The molecule has 0 saturated carbocycles. The summed E-state index contributed by atoms with van der Waals surface area (Å²) in [7, 11) is 0. The van der Waals surface area contributed by atoms with Gasteiger partial charge in [-0.25, -0.2) is 0 Å². The summed E-state index contributed by atoms with van der Waals surface area (Å²) < 4.78 is 0. The molecule has 3 nitrogen and oxygen atoms in total. The molecule has 1 aliphatic heterocycles. The normalized spacial score (nSPS) is 19.1. The highest BCUT2D eigenvalue weighted by molar-refractivity contribution is 5.84. The molecule has 1 N–H and O–H groups in total. The summed E-state index contributed by atoms with van der Waals surface area (Å²) in [5.74, 6) is 0.326. The van der Waals surface area contributed by atoms with Gasteiger partial charge in [0.1, 0.15) is 0 Å². The number of aryl methyl sites for hydroxylation is 1. The predicted octanol–water partition coefficient (Wildman–Crippen LogP) is 3.89. The monoisotopic (exact) mass is 284 g/mol. The number of carbonyl (C=O) groups is 1. The van der Waals surface area contributed by atoms with Crippen LogP contribution >= 0.6 is 0 Å². The fourth-order valence-electron chi connectivity index (χ4n) is 3.48. The van der Waals surface area contributed by atoms with Gasteiger partial charge in [0, 0.05) is 36.1 Å². The number of hydrogen-bond donors (Lipinski definition) is 1. The van der Waals surface area contributed by atoms with E-state index in [2.05, 4.69) is 35.0 Å². The van der Waals surface area contributed by atoms with E-state index in [4.69, 9.17) is 0 Å². The van der Waals surface area contributed by atoms with Crippen LogP contribution in [0.2, 0.25) is 0 Å². The van der Waals surface area contributed by atoms with Crippen LogP contribution in [0.5, 0.6) is 0 Å². The third kappa shape index (κ3) is 2.97. The molecule has 1 aromatic carbocycles. The van der Waals surface area contributed by atoms with Crippen molar-refractivity contribution >= 4 is 16.8 Å². The first-order chi connectivity index (χ1) is 10.3. The van der Waals surface area contributed by atoms with Gasteiger partial charge >= 0.3 is 0 Å². The average Bonchev–Trinajstić information content (AvgIpc) is 2.96. The minimum Gasteiger partial charge on any atom is -0.361 e. The second-order valence-electron chi connectivity index (χ2n) is 6.00. The van der Waals surface area contributed by atoms with Crippen molar-refractivity contribution < 1.29 is 4.79 Å². The summed E-state index contributed by atoms with van der Waals surface area (Å²) in [4.78, 5) is 17.9. The maximum absolute atomic E-state index is 12.5. The van der Waals surface area contributed by atoms with Gasteiger partial charge in [-0.15, -0.1) is 0 Å². The molecule has 112 valence electrons. The Labute approximate surface area is 126 Å². The zero-order valence-corrected chi connectivity index (χ0v) is 12.8. The Hall–Kier alpha value is -1.77. The number of aromatic nitrogens is 1. The number of amides is 1. The highest BCUT2D eigenvalue weighted by Crippen LogP contribution is 2.22. The van der Waals surface area contributed by atoms with E-state index in [1.807, 2.05) is 12.3 Å². The number of para-hydroxylation sites is 1. The lowest BCUT2D eigenvalue weighted by Gasteiger charge is -2.35. The maximum atomic E-state index is 12.5. The molecule has 0 bridgehead atoms. The number of hydrogen-bond acceptors (Lipinski definition) is 1. The summed E-state index contributed by atoms with van der Waals surface area (Å²) in [5.41, 5.74) is 2.41. The van der Waals surface area contributed by atoms with Crippen molar-refractivity contribution in [2.75, 3.05) is 6.54 Å². The van der Waals surface area contributed by atoms with E-state index in [1.54, 1.807) is 0 Å². The largest absolute Gasteiger partial charge is 0.361 e. The van der Waals surface area contributed by atoms with Gasteiger partial charge in [-0.05, 0) is 43.7 Å². The van der Waals surface area contributed by atoms with Crippen LogP contribution in [0.3, 0.4) is 0 Å². The minimum absolute atomic E-state index is 0.326. The Morgan fingerprint density at radius 2 is 2.19 bits per heavy atom. The molecule has 0 aliphatic carbocycles. The summed E-state index contributed by atoms with van der Waals surface area (Å²) in [5, 5.41) is 1.25. The van der Waals surface area contributed by atoms with Gasteiger partial charge in [0.05, 0.1) is 0 Å². The highest BCUT2D eigenvalue weighted by atomic mass is 16.2. The second-order valence-corrected chi connectivity index (χ2v) is 6.00. The van der Waals surface area contributed by atoms with Gasteiger partial charge in [0.25, 0.3) is 0 Å². The predicted molar refractivity (Wildman–Crippen MR) is 86.3 cm³/mol. The van der Waals surface area contributed by atoms with Gasteiger partial charge in [0.15, 0.2) is 0 Å². The molecule has 2 heterocycles. The fraction of sp³-hybridized carbons (Fsp3) is 0.500. The number of aromatic amines is 1. The molecule has 1 fully saturated rings. The lowest BCUT2D eigenvalue weighted by Crippen LogP contribution is -2.43. The Kier molecular flexibility index (Phi) is 4.28. The van der Waals surface area contributed by atoms with Crippen LogP contribution in [0.15, 0.2) is 30.5 Å². The summed E-state index contributed by atoms with van der Waals surface area (Å²) in [6.45, 7) is 3.14. The number of nitrogens with one attached hydrogen (secondary N) is 1. The first-order valence-electron chi connectivity index (χ1n) is 8.14. The van der Waals surface area contributed by atoms with Crippen molar-refractivity contribution in [3.8, 4) is 0 Å². The molecule has 0 spiro atoms. The van der Waals surface area contributed by atoms with E-state index in [9.17, 15) is 4.79 Å². The maximum Gasteiger partial charge on any atom is 0.223 e. The quantitative estimate of drug-likeness (QED) is 0.908. The van der Waals surface area contributed by atoms with Gasteiger partial charge in [-0.3, -0.25) is 4.79 Å². The third-order valence-corrected chi connectivity index (χ3v) is 4.70. The standard InChI is InChI=1S/C18H24N2O/c1-2-15-7-5-6-12-20(15)18(21)11-10-14-13-19-17-9-4-3-8-16(14)17/h3-4,8-9,13,15,19H,2,5-7,10-12H2,1H3. The summed E-state index contributed by atoms with van der Waals surface area (Å²) in [6.07, 6.45) is 8.19. The number of carbonyl (C=O) groups excluding carboxylic acids is 1. The third-order valence-electron chi connectivity index (χ3n) is 4.70. The Morgan fingerprint density at radius 3 is 3.05 bits per heavy atom. The van der Waals surface area contributed by atoms with E-state index >= 15 is 0 Å². The number of likely N-dealkylation sites (tertiary alicyclic amines) is 1. The van der Waals surface area contributed by atoms with Crippen LogP contribution in [-0.2, 0) is 11.2 Å². The lowest BCUT2D eigenvalue weighted by atomic mass is 9.99. The molecule has 3 rings (SSSR count). The number of H-pyrrole nitrogens is 1. The van der Waals surface area contributed by atoms with Crippen molar-refractivity contribution in [1.29, 1.82) is 0 Å². The van der Waals surface area contributed by atoms with E-state index in [0.717, 1.165) is 31.3 Å². The Bertz CT molecular complexity index is 616. The summed E-state index contributed by atoms with van der Waals surface area (Å²) in [6, 6.07) is 8.76. The minimum atomic E-state index is 0.326. The second kappa shape index (κ2) is 6.33. The van der Waals surface area contributed by atoms with Crippen molar-refractivity contribution in [1.82, 2.24) is 9.88 Å². The Morgan fingerprint density at radius 1 is 1.33 bits per heavy atom. The SMILES string of the molecule is CCC1CCCCN1C(=O)CCc1c[nH]c2ccccc12. The van der Waals surface area contributed by atoms with Gasteiger partial charge in [-0.2, -0.15) is 0 Å². The zero-order chi connectivity index (χ0) is 14.7. The molecule has 3 heteroatoms. The van der Waals surface area contributed by atoms with Crippen molar-refractivity contribution in [2.24, 2.45) is 0 Å². The molecule has 1 aliphatic rings. The first-order valence-corrected chi connectivity index (χ1v) is 8.14. The van der Waals surface area contributed by atoms with E-state index < -0.39 is 0 Å². The number of rotatable bonds is 4. The summed E-state index contributed by atoms with van der Waals surface area (Å²) >= 11 is 0. The van der Waals surface area contributed by atoms with Gasteiger partial charge in [-0.1, -0.05) is 25.1 Å². The first kappa shape index (κ1) is 14.2. The van der Waals surface area contributed by atoms with E-state index in [1.165, 1.54) is 23.8 Å². The molecule has 1 atom stereocenters. The topological polar surface area (TPSA) is 36.1 Å². The van der Waals surface area contributed by atoms with Crippen LogP contribution in [0.1, 0.15) is 44.6 Å². The van der Waals surface area contributed by atoms with Crippen LogP contribution in [0.25, 0.3) is 10.9 Å². The van der Waals surface area contributed by atoms with Crippen LogP contribution < -0.4 is 0 Å². The molecule has 21 heavy (non-hydrogen) atoms. The fourth-order valence-corrected chi connectivity index (χ4v) is 3.48. The average molecular weight is 284 g/mol. The van der Waals surface area contributed by atoms with Gasteiger partial charge < -0.3 is 9.88 Å². The number of nitrogens with zero attached hydrogens (tertiary/aromatic N) is 1. The van der Waals surface area contributed by atoms with Crippen LogP contribution in [0, 0.1) is 0 Å². The molecule has 1 aromatic heterocycles. The van der Waals surface area contributed by atoms with Crippen molar-refractivity contribution in [3.05, 3.63) is 36.0 Å². The Balaban J connectivity index is 1.65. The molecule has 0 radical (unpaired) electrons. The van der Waals surface area contributed by atoms with Crippen molar-refractivity contribution in [2.45, 2.75) is 51.5 Å². The van der Waals surface area contributed by atoms with Crippen LogP contribution in [0.4, 0.5) is 0 Å². The molecular formula is C18H24N2O. The number of benzene rings is 1.